The number of hydrogen-bond donors (Lipinski definition) is 1. The second kappa shape index (κ2) is 6.77. The number of ether oxygens (including phenoxy) is 1. The maximum absolute atomic E-state index is 12.2. The molecule has 2 aromatic rings. The van der Waals surface area contributed by atoms with Crippen molar-refractivity contribution < 1.29 is 14.2 Å². The number of alkyl halides is 1. The Morgan fingerprint density at radius 1 is 1.16 bits per heavy atom. The van der Waals surface area contributed by atoms with E-state index in [2.05, 4.69) is 11.8 Å². The van der Waals surface area contributed by atoms with Crippen LogP contribution >= 0.6 is 0 Å². The Morgan fingerprint density at radius 3 is 2.79 bits per heavy atom. The van der Waals surface area contributed by atoms with E-state index >= 15 is 0 Å². The molecule has 0 aliphatic carbocycles. The van der Waals surface area contributed by atoms with Gasteiger partial charge in [-0.15, -0.1) is 0 Å². The Hall–Kier alpha value is -2.05. The third kappa shape index (κ3) is 3.24. The number of halogens is 1. The largest absolute Gasteiger partial charge is 0.490 e. The van der Waals surface area contributed by atoms with E-state index in [0.29, 0.717) is 12.2 Å². The van der Waals surface area contributed by atoms with Crippen LogP contribution in [0.2, 0.25) is 0 Å². The van der Waals surface area contributed by atoms with E-state index in [4.69, 9.17) is 9.84 Å². The van der Waals surface area contributed by atoms with E-state index in [0.717, 1.165) is 16.3 Å². The van der Waals surface area contributed by atoms with Crippen molar-refractivity contribution >= 4 is 10.8 Å². The van der Waals surface area contributed by atoms with E-state index in [1.54, 1.807) is 6.07 Å². The van der Waals surface area contributed by atoms with Crippen LogP contribution in [-0.4, -0.2) is 25.0 Å². The van der Waals surface area contributed by atoms with Crippen molar-refractivity contribution in [2.24, 2.45) is 0 Å². The first kappa shape index (κ1) is 13.4. The van der Waals surface area contributed by atoms with Gasteiger partial charge in [0.05, 0.1) is 12.2 Å². The van der Waals surface area contributed by atoms with E-state index in [1.165, 1.54) is 0 Å². The first-order valence-electron chi connectivity index (χ1n) is 6.17. The Kier molecular flexibility index (Phi) is 4.77. The second-order valence-corrected chi connectivity index (χ2v) is 3.97. The number of aliphatic hydroxyl groups excluding tert-OH is 1. The fourth-order valence-corrected chi connectivity index (χ4v) is 1.86. The van der Waals surface area contributed by atoms with E-state index in [1.807, 2.05) is 30.3 Å². The molecule has 0 saturated carbocycles. The summed E-state index contributed by atoms with van der Waals surface area (Å²) in [5.74, 6) is 6.48. The Labute approximate surface area is 111 Å². The first-order valence-corrected chi connectivity index (χ1v) is 6.17. The predicted octanol–water partition coefficient (Wildman–Crippen LogP) is 2.92. The molecule has 0 saturated heterocycles. The van der Waals surface area contributed by atoms with Gasteiger partial charge in [-0.25, -0.2) is 4.39 Å². The molecular formula is C16H15FO2. The van der Waals surface area contributed by atoms with Gasteiger partial charge in [-0.05, 0) is 11.5 Å². The van der Waals surface area contributed by atoms with Gasteiger partial charge in [-0.3, -0.25) is 0 Å². The highest BCUT2D eigenvalue weighted by Gasteiger charge is 2.06. The van der Waals surface area contributed by atoms with Gasteiger partial charge in [-0.1, -0.05) is 42.2 Å². The topological polar surface area (TPSA) is 29.5 Å². The molecule has 0 radical (unpaired) electrons. The van der Waals surface area contributed by atoms with Crippen LogP contribution in [0.25, 0.3) is 10.8 Å². The van der Waals surface area contributed by atoms with Crippen molar-refractivity contribution in [2.45, 2.75) is 6.42 Å². The third-order valence-electron chi connectivity index (χ3n) is 2.68. The summed E-state index contributed by atoms with van der Waals surface area (Å²) in [5.41, 5.74) is 0.750. The lowest BCUT2D eigenvalue weighted by atomic mass is 10.0. The molecule has 0 aliphatic heterocycles. The standard InChI is InChI=1S/C16H15FO2/c17-10-12-19-16-9-8-13-5-1-2-6-14(13)15(16)7-3-4-11-18/h1-2,5-6,8-9,18H,4,10-12H2. The van der Waals surface area contributed by atoms with Crippen LogP contribution in [0, 0.1) is 11.8 Å². The van der Waals surface area contributed by atoms with Crippen LogP contribution in [0.5, 0.6) is 5.75 Å². The zero-order valence-corrected chi connectivity index (χ0v) is 10.5. The minimum Gasteiger partial charge on any atom is -0.490 e. The molecule has 0 heterocycles. The molecule has 98 valence electrons. The van der Waals surface area contributed by atoms with Crippen LogP contribution in [0.3, 0.4) is 0 Å². The zero-order chi connectivity index (χ0) is 13.5. The molecule has 0 unspecified atom stereocenters. The van der Waals surface area contributed by atoms with Gasteiger partial charge in [-0.2, -0.15) is 0 Å². The maximum atomic E-state index is 12.2. The molecule has 0 aromatic heterocycles. The van der Waals surface area contributed by atoms with Gasteiger partial charge < -0.3 is 9.84 Å². The molecule has 2 rings (SSSR count). The lowest BCUT2D eigenvalue weighted by Gasteiger charge is -2.09. The average Bonchev–Trinajstić information content (AvgIpc) is 2.46. The van der Waals surface area contributed by atoms with Crippen LogP contribution in [0.1, 0.15) is 12.0 Å². The number of fused-ring (bicyclic) bond motifs is 1. The number of hydrogen-bond acceptors (Lipinski definition) is 2. The minimum absolute atomic E-state index is 0.0209. The van der Waals surface area contributed by atoms with Gasteiger partial charge in [0.1, 0.15) is 19.0 Å². The molecule has 0 aliphatic rings. The van der Waals surface area contributed by atoms with Crippen LogP contribution < -0.4 is 4.74 Å². The summed E-state index contributed by atoms with van der Waals surface area (Å²) in [5, 5.41) is 10.8. The van der Waals surface area contributed by atoms with Crippen molar-refractivity contribution in [3.8, 4) is 17.6 Å². The fourth-order valence-electron chi connectivity index (χ4n) is 1.86. The lowest BCUT2D eigenvalue weighted by Crippen LogP contribution is -2.00. The van der Waals surface area contributed by atoms with Gasteiger partial charge in [0.25, 0.3) is 0 Å². The van der Waals surface area contributed by atoms with Crippen molar-refractivity contribution in [1.82, 2.24) is 0 Å². The molecule has 1 N–H and O–H groups in total. The summed E-state index contributed by atoms with van der Waals surface area (Å²) >= 11 is 0. The Bertz CT molecular complexity index is 611. The monoisotopic (exact) mass is 258 g/mol. The lowest BCUT2D eigenvalue weighted by molar-refractivity contribution is 0.273. The Morgan fingerprint density at radius 2 is 2.00 bits per heavy atom. The molecule has 0 fully saturated rings. The van der Waals surface area contributed by atoms with Gasteiger partial charge >= 0.3 is 0 Å². The van der Waals surface area contributed by atoms with Crippen molar-refractivity contribution in [3.63, 3.8) is 0 Å². The summed E-state index contributed by atoms with van der Waals surface area (Å²) in [6.45, 7) is -0.484. The van der Waals surface area contributed by atoms with E-state index in [-0.39, 0.29) is 13.2 Å². The predicted molar refractivity (Wildman–Crippen MR) is 74.0 cm³/mol. The molecule has 2 aromatic carbocycles. The highest BCUT2D eigenvalue weighted by atomic mass is 19.1. The first-order chi connectivity index (χ1) is 9.36. The van der Waals surface area contributed by atoms with Crippen LogP contribution in [0.15, 0.2) is 36.4 Å². The van der Waals surface area contributed by atoms with Gasteiger partial charge in [0.15, 0.2) is 0 Å². The van der Waals surface area contributed by atoms with Crippen molar-refractivity contribution in [2.75, 3.05) is 19.9 Å². The molecule has 0 atom stereocenters. The molecule has 19 heavy (non-hydrogen) atoms. The number of benzene rings is 2. The van der Waals surface area contributed by atoms with E-state index in [9.17, 15) is 4.39 Å². The molecule has 0 spiro atoms. The molecule has 0 bridgehead atoms. The Balaban J connectivity index is 2.49. The maximum Gasteiger partial charge on any atom is 0.135 e. The zero-order valence-electron chi connectivity index (χ0n) is 10.5. The van der Waals surface area contributed by atoms with E-state index < -0.39 is 6.67 Å². The van der Waals surface area contributed by atoms with Crippen molar-refractivity contribution in [1.29, 1.82) is 0 Å². The van der Waals surface area contributed by atoms with Gasteiger partial charge in [0, 0.05) is 11.8 Å². The number of rotatable bonds is 4. The molecule has 0 amide bonds. The minimum atomic E-state index is -0.531. The molecular weight excluding hydrogens is 243 g/mol. The molecule has 3 heteroatoms. The fraction of sp³-hybridized carbons (Fsp3) is 0.250. The van der Waals surface area contributed by atoms with Crippen molar-refractivity contribution in [3.05, 3.63) is 42.0 Å². The SMILES string of the molecule is OCCC#Cc1c(OCCF)ccc2ccccc12. The summed E-state index contributed by atoms with van der Waals surface area (Å²) in [7, 11) is 0. The van der Waals surface area contributed by atoms with Gasteiger partial charge in [0.2, 0.25) is 0 Å². The summed E-state index contributed by atoms with van der Waals surface area (Å²) in [6, 6.07) is 11.6. The summed E-state index contributed by atoms with van der Waals surface area (Å²) in [4.78, 5) is 0. The van der Waals surface area contributed by atoms with Crippen LogP contribution in [-0.2, 0) is 0 Å². The molecule has 2 nitrogen and oxygen atoms in total. The summed E-state index contributed by atoms with van der Waals surface area (Å²) < 4.78 is 17.6. The quantitative estimate of drug-likeness (QED) is 0.854. The second-order valence-electron chi connectivity index (χ2n) is 3.97. The normalized spacial score (nSPS) is 10.0. The smallest absolute Gasteiger partial charge is 0.135 e. The van der Waals surface area contributed by atoms with Crippen LogP contribution in [0.4, 0.5) is 4.39 Å². The number of aliphatic hydroxyl groups is 1. The highest BCUT2D eigenvalue weighted by Crippen LogP contribution is 2.27. The third-order valence-corrected chi connectivity index (χ3v) is 2.68. The summed E-state index contributed by atoms with van der Waals surface area (Å²) in [6.07, 6.45) is 0.409. The highest BCUT2D eigenvalue weighted by molar-refractivity contribution is 5.90. The average molecular weight is 258 g/mol.